The number of halogens is 3. The minimum absolute atomic E-state index is 0.307. The number of hydrogen-bond donors (Lipinski definition) is 0. The van der Waals surface area contributed by atoms with Crippen LogP contribution >= 0.6 is 0 Å². The van der Waals surface area contributed by atoms with Crippen LogP contribution in [-0.2, 0) is 0 Å². The summed E-state index contributed by atoms with van der Waals surface area (Å²) in [5.74, 6) is -1.08. The predicted molar refractivity (Wildman–Crippen MR) is 96.1 cm³/mol. The number of carbonyl (C=O) groups excluding carboxylic acids is 2. The molecule has 0 radical (unpaired) electrons. The molecule has 0 aliphatic carbocycles. The number of carbonyl (C=O) groups is 2. The van der Waals surface area contributed by atoms with Crippen molar-refractivity contribution in [2.75, 3.05) is 4.90 Å². The van der Waals surface area contributed by atoms with Crippen LogP contribution < -0.4 is 9.64 Å². The number of fused-ring (bicyclic) bond motifs is 1. The number of ether oxygens (including phenoxy) is 1. The quantitative estimate of drug-likeness (QED) is 0.595. The minimum Gasteiger partial charge on any atom is -0.406 e. The lowest BCUT2D eigenvalue weighted by atomic mass is 10.1. The van der Waals surface area contributed by atoms with E-state index in [0.717, 1.165) is 10.5 Å². The molecule has 0 spiro atoms. The Kier molecular flexibility index (Phi) is 4.15. The summed E-state index contributed by atoms with van der Waals surface area (Å²) < 4.78 is 40.6. The van der Waals surface area contributed by atoms with E-state index in [1.165, 1.54) is 24.3 Å². The zero-order chi connectivity index (χ0) is 19.9. The van der Waals surface area contributed by atoms with Crippen molar-refractivity contribution in [2.24, 2.45) is 0 Å². The van der Waals surface area contributed by atoms with E-state index >= 15 is 0 Å². The lowest BCUT2D eigenvalue weighted by molar-refractivity contribution is -0.274. The molecule has 3 aromatic rings. The van der Waals surface area contributed by atoms with Crippen LogP contribution in [0.2, 0.25) is 0 Å². The molecular weight excluding hydrogens is 371 g/mol. The molecule has 1 heterocycles. The van der Waals surface area contributed by atoms with Gasteiger partial charge in [-0.2, -0.15) is 0 Å². The Labute approximate surface area is 157 Å². The number of anilines is 1. The molecule has 0 fully saturated rings. The van der Waals surface area contributed by atoms with Gasteiger partial charge in [0, 0.05) is 0 Å². The van der Waals surface area contributed by atoms with Gasteiger partial charge in [-0.3, -0.25) is 9.59 Å². The van der Waals surface area contributed by atoms with Crippen LogP contribution in [0.5, 0.6) is 5.75 Å². The van der Waals surface area contributed by atoms with Crippen molar-refractivity contribution in [2.45, 2.75) is 6.36 Å². The summed E-state index contributed by atoms with van der Waals surface area (Å²) in [7, 11) is 0. The molecule has 0 aromatic heterocycles. The Hall–Kier alpha value is -3.61. The van der Waals surface area contributed by atoms with Gasteiger partial charge in [0.05, 0.1) is 16.8 Å². The molecular formula is C21H12F3NO3. The van der Waals surface area contributed by atoms with Crippen molar-refractivity contribution in [3.05, 3.63) is 83.9 Å². The number of imide groups is 1. The second-order valence-corrected chi connectivity index (χ2v) is 6.11. The molecule has 0 saturated carbocycles. The van der Waals surface area contributed by atoms with Crippen LogP contribution in [0, 0.1) is 0 Å². The van der Waals surface area contributed by atoms with Crippen LogP contribution in [-0.4, -0.2) is 18.2 Å². The van der Waals surface area contributed by atoms with Gasteiger partial charge in [-0.25, -0.2) is 4.90 Å². The zero-order valence-corrected chi connectivity index (χ0v) is 14.2. The number of benzene rings is 3. The van der Waals surface area contributed by atoms with Gasteiger partial charge in [0.25, 0.3) is 11.8 Å². The van der Waals surface area contributed by atoms with Crippen molar-refractivity contribution in [3.8, 4) is 16.9 Å². The molecule has 140 valence electrons. The topological polar surface area (TPSA) is 46.6 Å². The summed E-state index contributed by atoms with van der Waals surface area (Å²) in [6, 6.07) is 18.7. The Bertz CT molecular complexity index is 1020. The molecule has 0 bridgehead atoms. The van der Waals surface area contributed by atoms with E-state index in [2.05, 4.69) is 4.74 Å². The Morgan fingerprint density at radius 3 is 1.61 bits per heavy atom. The van der Waals surface area contributed by atoms with Crippen LogP contribution in [0.3, 0.4) is 0 Å². The maximum Gasteiger partial charge on any atom is 0.573 e. The van der Waals surface area contributed by atoms with Crippen molar-refractivity contribution in [3.63, 3.8) is 0 Å². The molecule has 28 heavy (non-hydrogen) atoms. The molecule has 0 unspecified atom stereocenters. The molecule has 0 saturated heterocycles. The highest BCUT2D eigenvalue weighted by Crippen LogP contribution is 2.31. The Balaban J connectivity index is 1.57. The summed E-state index contributed by atoms with van der Waals surface area (Å²) in [5, 5.41) is 0. The molecule has 3 aromatic carbocycles. The second-order valence-electron chi connectivity index (χ2n) is 6.11. The fraction of sp³-hybridized carbons (Fsp3) is 0.0476. The van der Waals surface area contributed by atoms with Gasteiger partial charge in [-0.15, -0.1) is 13.2 Å². The monoisotopic (exact) mass is 383 g/mol. The van der Waals surface area contributed by atoms with Gasteiger partial charge in [0.15, 0.2) is 0 Å². The van der Waals surface area contributed by atoms with Gasteiger partial charge in [-0.05, 0) is 47.5 Å². The lowest BCUT2D eigenvalue weighted by Gasteiger charge is -2.14. The summed E-state index contributed by atoms with van der Waals surface area (Å²) in [4.78, 5) is 26.1. The summed E-state index contributed by atoms with van der Waals surface area (Å²) in [6.07, 6.45) is -4.74. The summed E-state index contributed by atoms with van der Waals surface area (Å²) >= 11 is 0. The predicted octanol–water partition coefficient (Wildman–Crippen LogP) is 5.05. The largest absolute Gasteiger partial charge is 0.573 e. The molecule has 4 nitrogen and oxygen atoms in total. The van der Waals surface area contributed by atoms with E-state index in [1.807, 2.05) is 0 Å². The first-order chi connectivity index (χ1) is 13.3. The van der Waals surface area contributed by atoms with E-state index in [0.29, 0.717) is 22.4 Å². The third-order valence-corrected chi connectivity index (χ3v) is 4.34. The molecule has 0 atom stereocenters. The third kappa shape index (κ3) is 3.22. The van der Waals surface area contributed by atoms with Gasteiger partial charge in [-0.1, -0.05) is 36.4 Å². The third-order valence-electron chi connectivity index (χ3n) is 4.34. The fourth-order valence-corrected chi connectivity index (χ4v) is 3.08. The first-order valence-corrected chi connectivity index (χ1v) is 8.27. The number of alkyl halides is 3. The highest BCUT2D eigenvalue weighted by atomic mass is 19.4. The number of hydrogen-bond acceptors (Lipinski definition) is 3. The van der Waals surface area contributed by atoms with E-state index in [4.69, 9.17) is 0 Å². The van der Waals surface area contributed by atoms with Gasteiger partial charge < -0.3 is 4.74 Å². The molecule has 4 rings (SSSR count). The number of amides is 2. The van der Waals surface area contributed by atoms with Crippen molar-refractivity contribution >= 4 is 17.5 Å². The van der Waals surface area contributed by atoms with Crippen LogP contribution in [0.15, 0.2) is 72.8 Å². The van der Waals surface area contributed by atoms with E-state index in [-0.39, 0.29) is 17.6 Å². The van der Waals surface area contributed by atoms with Gasteiger partial charge in [0.1, 0.15) is 5.75 Å². The molecule has 2 amide bonds. The fourth-order valence-electron chi connectivity index (χ4n) is 3.08. The number of rotatable bonds is 3. The molecule has 1 aliphatic heterocycles. The number of nitrogens with zero attached hydrogens (tertiary/aromatic N) is 1. The minimum atomic E-state index is -4.74. The SMILES string of the molecule is O=C1c2ccccc2C(=O)N1c1ccc(-c2ccc(OC(F)(F)F)cc2)cc1. The Morgan fingerprint density at radius 1 is 0.679 bits per heavy atom. The highest BCUT2D eigenvalue weighted by molar-refractivity contribution is 6.34. The smallest absolute Gasteiger partial charge is 0.406 e. The van der Waals surface area contributed by atoms with Crippen LogP contribution in [0.25, 0.3) is 11.1 Å². The first kappa shape index (κ1) is 17.8. The normalized spacial score (nSPS) is 13.6. The van der Waals surface area contributed by atoms with Crippen molar-refractivity contribution in [1.29, 1.82) is 0 Å². The van der Waals surface area contributed by atoms with Gasteiger partial charge in [0.2, 0.25) is 0 Å². The van der Waals surface area contributed by atoms with Crippen molar-refractivity contribution < 1.29 is 27.5 Å². The molecule has 0 N–H and O–H groups in total. The average Bonchev–Trinajstić information content (AvgIpc) is 2.92. The van der Waals surface area contributed by atoms with Crippen LogP contribution in [0.4, 0.5) is 18.9 Å². The van der Waals surface area contributed by atoms with E-state index in [9.17, 15) is 22.8 Å². The van der Waals surface area contributed by atoms with E-state index in [1.54, 1.807) is 48.5 Å². The average molecular weight is 383 g/mol. The zero-order valence-electron chi connectivity index (χ0n) is 14.2. The maximum atomic E-state index is 12.5. The summed E-state index contributed by atoms with van der Waals surface area (Å²) in [5.41, 5.74) is 2.53. The maximum absolute atomic E-state index is 12.5. The van der Waals surface area contributed by atoms with Crippen molar-refractivity contribution in [1.82, 2.24) is 0 Å². The molecule has 1 aliphatic rings. The standard InChI is InChI=1S/C21H12F3NO3/c22-21(23,24)28-16-11-7-14(8-12-16)13-5-9-15(10-6-13)25-19(26)17-3-1-2-4-18(17)20(25)27/h1-12H. The lowest BCUT2D eigenvalue weighted by Crippen LogP contribution is -2.29. The van der Waals surface area contributed by atoms with Crippen LogP contribution in [0.1, 0.15) is 20.7 Å². The van der Waals surface area contributed by atoms with Gasteiger partial charge >= 0.3 is 6.36 Å². The van der Waals surface area contributed by atoms with E-state index < -0.39 is 6.36 Å². The second kappa shape index (κ2) is 6.53. The molecule has 7 heteroatoms. The summed E-state index contributed by atoms with van der Waals surface area (Å²) in [6.45, 7) is 0. The highest BCUT2D eigenvalue weighted by Gasteiger charge is 2.36. The Morgan fingerprint density at radius 2 is 1.14 bits per heavy atom. The first-order valence-electron chi connectivity index (χ1n) is 8.27.